The minimum atomic E-state index is -3.96. The molecule has 0 aliphatic carbocycles. The topological polar surface area (TPSA) is 187 Å². The molecule has 6 aromatic rings. The van der Waals surface area contributed by atoms with E-state index in [4.69, 9.17) is 9.47 Å². The number of amides is 2. The van der Waals surface area contributed by atoms with Crippen LogP contribution in [0.4, 0.5) is 0 Å². The van der Waals surface area contributed by atoms with Gasteiger partial charge in [0.1, 0.15) is 9.49 Å². The fourth-order valence-electron chi connectivity index (χ4n) is 9.97. The zero-order chi connectivity index (χ0) is 52.0. The molecule has 4 aromatic carbocycles. The summed E-state index contributed by atoms with van der Waals surface area (Å²) in [7, 11) is -7.91. The molecule has 73 heavy (non-hydrogen) atoms. The average Bonchev–Trinajstić information content (AvgIpc) is 3.65. The van der Waals surface area contributed by atoms with Crippen LogP contribution in [0.1, 0.15) is 80.5 Å². The van der Waals surface area contributed by atoms with E-state index >= 15 is 0 Å². The molecule has 4 fully saturated rings. The van der Waals surface area contributed by atoms with E-state index in [2.05, 4.69) is 9.97 Å². The minimum Gasteiger partial charge on any atom is -0.451 e. The van der Waals surface area contributed by atoms with E-state index < -0.39 is 88.0 Å². The Labute approximate surface area is 429 Å². The standard InChI is InChI=1S/C28H26N2O5S2.C28H26N2O5S/c1-28(2)24(27(32)35-22(18-12-6-4-7-13-18)19-14-8-5-9-15-19)30-25(31)21(26(30)37(28,33)34)23(36-3)20-16-10-11-17-29-20;1-18(21-16-10-11-17-29-21)22-25(31)30-24(28(2,3)36(33,34)26(22)30)27(32)35-23(19-12-6-4-7-13-19)20-14-8-5-9-15-20/h4-17,22,24,26H,1-3H3;4-17,23-24,26H,1-3H3/b23-21+;22-18-/t2*24-,26+/m00/s1. The highest BCUT2D eigenvalue weighted by atomic mass is 32.2. The molecule has 10 rings (SSSR count). The molecule has 374 valence electrons. The van der Waals surface area contributed by atoms with Crippen LogP contribution in [0.2, 0.25) is 0 Å². The molecule has 0 bridgehead atoms. The molecule has 4 aliphatic heterocycles. The number of nitrogens with zero attached hydrogens (tertiary/aromatic N) is 4. The number of fused-ring (bicyclic) bond motifs is 2. The lowest BCUT2D eigenvalue weighted by Crippen LogP contribution is -2.59. The molecule has 17 heteroatoms. The number of esters is 2. The van der Waals surface area contributed by atoms with Gasteiger partial charge in [-0.25, -0.2) is 26.4 Å². The van der Waals surface area contributed by atoms with E-state index in [1.165, 1.54) is 44.4 Å². The zero-order valence-electron chi connectivity index (χ0n) is 40.7. The highest BCUT2D eigenvalue weighted by Crippen LogP contribution is 2.53. The number of rotatable bonds is 11. The summed E-state index contributed by atoms with van der Waals surface area (Å²) < 4.78 is 63.7. The molecular weight excluding hydrogens is 985 g/mol. The maximum Gasteiger partial charge on any atom is 0.331 e. The monoisotopic (exact) mass is 1040 g/mol. The Hall–Kier alpha value is -7.21. The van der Waals surface area contributed by atoms with Crippen LogP contribution >= 0.6 is 11.8 Å². The van der Waals surface area contributed by atoms with E-state index in [-0.39, 0.29) is 11.1 Å². The van der Waals surface area contributed by atoms with Crippen LogP contribution < -0.4 is 0 Å². The predicted octanol–water partition coefficient (Wildman–Crippen LogP) is 8.16. The largest absolute Gasteiger partial charge is 0.451 e. The third-order valence-corrected chi connectivity index (χ3v) is 20.3. The average molecular weight is 1040 g/mol. The van der Waals surface area contributed by atoms with E-state index in [0.717, 1.165) is 27.2 Å². The SMILES string of the molecule is C/C(=C1\C(=O)N2[C@@H](C(=O)OC(c3ccccc3)c3ccccc3)C(C)(C)S(=O)(=O)[C@H]12)c1ccccn1.CS/C(=C1\C(=O)N2[C@@H](C(=O)OC(c3ccccc3)c3ccccc3)C(C)(C)S(=O)(=O)[C@H]12)c1ccccn1. The van der Waals surface area contributed by atoms with E-state index in [0.29, 0.717) is 21.9 Å². The van der Waals surface area contributed by atoms with Gasteiger partial charge in [-0.2, -0.15) is 0 Å². The van der Waals surface area contributed by atoms with Gasteiger partial charge < -0.3 is 19.3 Å². The summed E-state index contributed by atoms with van der Waals surface area (Å²) in [4.78, 5) is 65.6. The highest BCUT2D eigenvalue weighted by Gasteiger charge is 2.72. The van der Waals surface area contributed by atoms with Crippen LogP contribution in [0, 0.1) is 0 Å². The fourth-order valence-corrected chi connectivity index (χ4v) is 15.1. The predicted molar refractivity (Wildman–Crippen MR) is 278 cm³/mol. The van der Waals surface area contributed by atoms with Gasteiger partial charge in [0.2, 0.25) is 0 Å². The Morgan fingerprint density at radius 2 is 0.849 bits per heavy atom. The molecular formula is C56H52N4O10S3. The lowest BCUT2D eigenvalue weighted by atomic mass is 9.92. The quantitative estimate of drug-likeness (QED) is 0.0688. The molecule has 0 N–H and O–H groups in total. The number of benzene rings is 4. The molecule has 0 radical (unpaired) electrons. The smallest absolute Gasteiger partial charge is 0.331 e. The van der Waals surface area contributed by atoms with E-state index in [1.54, 1.807) is 62.0 Å². The van der Waals surface area contributed by atoms with Gasteiger partial charge in [-0.15, -0.1) is 11.8 Å². The van der Waals surface area contributed by atoms with Crippen LogP contribution in [0.15, 0.2) is 181 Å². The third-order valence-electron chi connectivity index (χ3n) is 14.0. The summed E-state index contributed by atoms with van der Waals surface area (Å²) in [5.41, 5.74) is 4.81. The number of carbonyl (C=O) groups excluding carboxylic acids is 4. The Kier molecular flexibility index (Phi) is 13.7. The second-order valence-corrected chi connectivity index (χ2v) is 24.9. The molecule has 4 saturated heterocycles. The summed E-state index contributed by atoms with van der Waals surface area (Å²) in [5, 5.41) is -2.45. The molecule has 0 saturated carbocycles. The van der Waals surface area contributed by atoms with Crippen molar-refractivity contribution in [1.82, 2.24) is 19.8 Å². The first kappa shape index (κ1) is 50.7. The van der Waals surface area contributed by atoms with Crippen LogP contribution in [0.3, 0.4) is 0 Å². The van der Waals surface area contributed by atoms with Gasteiger partial charge in [0.15, 0.2) is 54.7 Å². The number of carbonyl (C=O) groups is 4. The van der Waals surface area contributed by atoms with Crippen molar-refractivity contribution in [2.24, 2.45) is 0 Å². The summed E-state index contributed by atoms with van der Waals surface area (Å²) in [5.74, 6) is -2.50. The maximum absolute atomic E-state index is 13.8. The summed E-state index contributed by atoms with van der Waals surface area (Å²) in [6, 6.07) is 44.9. The van der Waals surface area contributed by atoms with Crippen molar-refractivity contribution in [2.45, 2.75) is 79.2 Å². The van der Waals surface area contributed by atoms with Crippen molar-refractivity contribution >= 4 is 65.7 Å². The molecule has 14 nitrogen and oxygen atoms in total. The van der Waals surface area contributed by atoms with Crippen LogP contribution in [0.5, 0.6) is 0 Å². The molecule has 0 unspecified atom stereocenters. The fraction of sp³-hybridized carbons (Fsp3) is 0.250. The highest BCUT2D eigenvalue weighted by molar-refractivity contribution is 8.07. The van der Waals surface area contributed by atoms with E-state index in [1.807, 2.05) is 121 Å². The Morgan fingerprint density at radius 1 is 0.521 bits per heavy atom. The number of allylic oxidation sites excluding steroid dienone is 1. The number of hydrogen-bond donors (Lipinski definition) is 0. The van der Waals surface area contributed by atoms with Gasteiger partial charge in [0.05, 0.1) is 22.5 Å². The number of thioether (sulfide) groups is 1. The van der Waals surface area contributed by atoms with Gasteiger partial charge in [-0.05, 0) is 93.0 Å². The van der Waals surface area contributed by atoms with E-state index in [9.17, 15) is 36.0 Å². The number of β-lactam (4-membered cyclic amide) rings is 2. The number of aromatic nitrogens is 2. The van der Waals surface area contributed by atoms with Crippen LogP contribution in [-0.2, 0) is 48.3 Å². The molecule has 4 aliphatic rings. The second kappa shape index (κ2) is 19.7. The normalized spacial score (nSPS) is 23.0. The summed E-state index contributed by atoms with van der Waals surface area (Å²) >= 11 is 1.26. The first-order valence-corrected chi connectivity index (χ1v) is 27.7. The zero-order valence-corrected chi connectivity index (χ0v) is 43.2. The van der Waals surface area contributed by atoms with Gasteiger partial charge in [0.25, 0.3) is 11.8 Å². The molecule has 0 spiro atoms. The molecule has 2 aromatic heterocycles. The number of sulfone groups is 2. The van der Waals surface area contributed by atoms with Crippen LogP contribution in [0.25, 0.3) is 10.5 Å². The first-order valence-electron chi connectivity index (χ1n) is 23.4. The third kappa shape index (κ3) is 8.56. The van der Waals surface area contributed by atoms with Gasteiger partial charge in [-0.3, -0.25) is 19.6 Å². The van der Waals surface area contributed by atoms with Crippen molar-refractivity contribution in [2.75, 3.05) is 6.26 Å². The summed E-state index contributed by atoms with van der Waals surface area (Å²) in [6.07, 6.45) is 3.44. The van der Waals surface area contributed by atoms with Crippen LogP contribution in [-0.4, -0.2) is 98.9 Å². The molecule has 2 amide bonds. The number of ether oxygens (including phenoxy) is 2. The second-order valence-electron chi connectivity index (χ2n) is 18.9. The van der Waals surface area contributed by atoms with Crippen molar-refractivity contribution in [3.8, 4) is 0 Å². The van der Waals surface area contributed by atoms with Crippen molar-refractivity contribution in [3.63, 3.8) is 0 Å². The van der Waals surface area contributed by atoms with Crippen molar-refractivity contribution < 1.29 is 45.5 Å². The Bertz CT molecular complexity index is 3300. The number of pyridine rings is 2. The molecule has 6 heterocycles. The Morgan fingerprint density at radius 3 is 1.19 bits per heavy atom. The lowest BCUT2D eigenvalue weighted by Gasteiger charge is -2.40. The van der Waals surface area contributed by atoms with Gasteiger partial charge in [0, 0.05) is 17.3 Å². The van der Waals surface area contributed by atoms with Crippen molar-refractivity contribution in [1.29, 1.82) is 0 Å². The van der Waals surface area contributed by atoms with Gasteiger partial charge in [-0.1, -0.05) is 133 Å². The minimum absolute atomic E-state index is 0.150. The molecule has 4 atom stereocenters. The Balaban J connectivity index is 0.000000180. The van der Waals surface area contributed by atoms with Crippen molar-refractivity contribution in [3.05, 3.63) is 215 Å². The number of hydrogen-bond acceptors (Lipinski definition) is 13. The first-order chi connectivity index (χ1) is 34.9. The maximum atomic E-state index is 13.8. The summed E-state index contributed by atoms with van der Waals surface area (Å²) in [6.45, 7) is 7.61. The lowest BCUT2D eigenvalue weighted by molar-refractivity contribution is -0.160. The van der Waals surface area contributed by atoms with Gasteiger partial charge >= 0.3 is 11.9 Å².